The summed E-state index contributed by atoms with van der Waals surface area (Å²) < 4.78 is 6.67. The highest BCUT2D eigenvalue weighted by Gasteiger charge is 2.14. The van der Waals surface area contributed by atoms with Crippen LogP contribution in [-0.2, 0) is 11.3 Å². The average Bonchev–Trinajstić information content (AvgIpc) is 2.94. The number of ether oxygens (including phenoxy) is 1. The van der Waals surface area contributed by atoms with Crippen molar-refractivity contribution >= 4 is 40.2 Å². The third kappa shape index (κ3) is 2.75. The van der Waals surface area contributed by atoms with Crippen molar-refractivity contribution in [2.45, 2.75) is 6.61 Å². The van der Waals surface area contributed by atoms with E-state index >= 15 is 0 Å². The summed E-state index contributed by atoms with van der Waals surface area (Å²) in [5, 5.41) is 1.58. The zero-order valence-electron chi connectivity index (χ0n) is 10.9. The minimum atomic E-state index is -0.488. The third-order valence-electron chi connectivity index (χ3n) is 3.15. The maximum absolute atomic E-state index is 12.2. The zero-order valence-corrected chi connectivity index (χ0v) is 12.4. The van der Waals surface area contributed by atoms with Gasteiger partial charge in [0.05, 0.1) is 15.6 Å². The molecule has 0 N–H and O–H groups in total. The second kappa shape index (κ2) is 5.80. The Bertz CT molecular complexity index is 797. The van der Waals surface area contributed by atoms with E-state index in [0.29, 0.717) is 15.6 Å². The Balaban J connectivity index is 1.87. The lowest BCUT2D eigenvalue weighted by molar-refractivity contribution is 0.142. The zero-order chi connectivity index (χ0) is 14.8. The molecule has 5 heteroatoms. The number of nitrogens with zero attached hydrogens (tertiary/aromatic N) is 1. The molecule has 0 unspecified atom stereocenters. The number of rotatable bonds is 2. The molecule has 0 aliphatic rings. The number of hydrogen-bond donors (Lipinski definition) is 0. The maximum Gasteiger partial charge on any atom is 0.418 e. The molecule has 1 heterocycles. The summed E-state index contributed by atoms with van der Waals surface area (Å²) in [6.07, 6.45) is 1.14. The predicted octanol–water partition coefficient (Wildman–Crippen LogP) is 5.13. The van der Waals surface area contributed by atoms with Crippen LogP contribution in [0.15, 0.2) is 54.7 Å². The van der Waals surface area contributed by atoms with Crippen LogP contribution >= 0.6 is 23.2 Å². The summed E-state index contributed by atoms with van der Waals surface area (Å²) in [6, 6.07) is 14.8. The van der Waals surface area contributed by atoms with Crippen molar-refractivity contribution in [1.82, 2.24) is 4.57 Å². The topological polar surface area (TPSA) is 31.2 Å². The molecule has 0 amide bonds. The van der Waals surface area contributed by atoms with Crippen LogP contribution < -0.4 is 0 Å². The molecule has 0 aliphatic heterocycles. The highest BCUT2D eigenvalue weighted by atomic mass is 35.5. The quantitative estimate of drug-likeness (QED) is 0.655. The minimum absolute atomic E-state index is 0.206. The van der Waals surface area contributed by atoms with E-state index in [0.717, 1.165) is 10.9 Å². The van der Waals surface area contributed by atoms with Gasteiger partial charge in [0.2, 0.25) is 0 Å². The summed E-state index contributed by atoms with van der Waals surface area (Å²) >= 11 is 12.2. The molecule has 0 saturated heterocycles. The molecule has 0 bridgehead atoms. The van der Waals surface area contributed by atoms with E-state index in [1.54, 1.807) is 18.3 Å². The number of benzene rings is 2. The summed E-state index contributed by atoms with van der Waals surface area (Å²) in [6.45, 7) is 0.206. The van der Waals surface area contributed by atoms with Gasteiger partial charge in [-0.2, -0.15) is 0 Å². The van der Waals surface area contributed by atoms with Crippen LogP contribution in [0.3, 0.4) is 0 Å². The van der Waals surface area contributed by atoms with Crippen molar-refractivity contribution in [3.8, 4) is 0 Å². The second-order valence-electron chi connectivity index (χ2n) is 4.53. The van der Waals surface area contributed by atoms with Gasteiger partial charge in [-0.15, -0.1) is 0 Å². The molecule has 0 saturated carbocycles. The Hall–Kier alpha value is -1.97. The molecule has 3 aromatic rings. The average molecular weight is 320 g/mol. The summed E-state index contributed by atoms with van der Waals surface area (Å²) in [5.74, 6) is 0. The Morgan fingerprint density at radius 2 is 1.81 bits per heavy atom. The van der Waals surface area contributed by atoms with Gasteiger partial charge in [0.15, 0.2) is 0 Å². The first kappa shape index (κ1) is 14.0. The van der Waals surface area contributed by atoms with Crippen LogP contribution in [0, 0.1) is 0 Å². The lowest BCUT2D eigenvalue weighted by Gasteiger charge is -2.08. The molecule has 21 heavy (non-hydrogen) atoms. The second-order valence-corrected chi connectivity index (χ2v) is 5.31. The van der Waals surface area contributed by atoms with Crippen LogP contribution in [0.25, 0.3) is 10.9 Å². The first-order valence-electron chi connectivity index (χ1n) is 6.33. The Kier molecular flexibility index (Phi) is 3.86. The van der Waals surface area contributed by atoms with Crippen LogP contribution in [0.5, 0.6) is 0 Å². The fraction of sp³-hybridized carbons (Fsp3) is 0.0625. The van der Waals surface area contributed by atoms with E-state index in [9.17, 15) is 4.79 Å². The predicted molar refractivity (Wildman–Crippen MR) is 84.0 cm³/mol. The van der Waals surface area contributed by atoms with Crippen molar-refractivity contribution < 1.29 is 9.53 Å². The molecule has 3 nitrogen and oxygen atoms in total. The number of aromatic nitrogens is 1. The molecular formula is C16H11Cl2NO2. The molecule has 2 aromatic carbocycles. The van der Waals surface area contributed by atoms with Gasteiger partial charge in [0.1, 0.15) is 6.61 Å². The van der Waals surface area contributed by atoms with Gasteiger partial charge in [-0.05, 0) is 17.7 Å². The van der Waals surface area contributed by atoms with E-state index in [1.165, 1.54) is 4.57 Å². The molecule has 0 fully saturated rings. The number of fused-ring (bicyclic) bond motifs is 1. The van der Waals surface area contributed by atoms with E-state index in [1.807, 2.05) is 36.4 Å². The minimum Gasteiger partial charge on any atom is -0.444 e. The summed E-state index contributed by atoms with van der Waals surface area (Å²) in [4.78, 5) is 12.2. The van der Waals surface area contributed by atoms with Crippen molar-refractivity contribution in [1.29, 1.82) is 0 Å². The van der Waals surface area contributed by atoms with Crippen molar-refractivity contribution in [2.24, 2.45) is 0 Å². The molecule has 1 aromatic heterocycles. The van der Waals surface area contributed by atoms with Gasteiger partial charge in [0.25, 0.3) is 0 Å². The normalized spacial score (nSPS) is 10.8. The molecule has 0 aliphatic carbocycles. The fourth-order valence-electron chi connectivity index (χ4n) is 2.10. The van der Waals surface area contributed by atoms with Gasteiger partial charge in [-0.25, -0.2) is 4.79 Å². The van der Waals surface area contributed by atoms with E-state index in [2.05, 4.69) is 0 Å². The van der Waals surface area contributed by atoms with Gasteiger partial charge in [-0.1, -0.05) is 59.6 Å². The van der Waals surface area contributed by atoms with Crippen LogP contribution in [0.1, 0.15) is 5.56 Å². The lowest BCUT2D eigenvalue weighted by atomic mass is 10.2. The fourth-order valence-corrected chi connectivity index (χ4v) is 2.52. The molecule has 106 valence electrons. The van der Waals surface area contributed by atoms with Gasteiger partial charge >= 0.3 is 6.09 Å². The Labute approximate surface area is 131 Å². The van der Waals surface area contributed by atoms with Crippen molar-refractivity contribution in [2.75, 3.05) is 0 Å². The highest BCUT2D eigenvalue weighted by molar-refractivity contribution is 6.45. The first-order chi connectivity index (χ1) is 10.2. The van der Waals surface area contributed by atoms with Crippen molar-refractivity contribution in [3.63, 3.8) is 0 Å². The highest BCUT2D eigenvalue weighted by Crippen LogP contribution is 2.31. The lowest BCUT2D eigenvalue weighted by Crippen LogP contribution is -2.12. The van der Waals surface area contributed by atoms with E-state index in [4.69, 9.17) is 27.9 Å². The molecular weight excluding hydrogens is 309 g/mol. The van der Waals surface area contributed by atoms with E-state index < -0.39 is 6.09 Å². The summed E-state index contributed by atoms with van der Waals surface area (Å²) in [7, 11) is 0. The van der Waals surface area contributed by atoms with Gasteiger partial charge < -0.3 is 4.74 Å². The number of hydrogen-bond acceptors (Lipinski definition) is 2. The maximum atomic E-state index is 12.2. The number of carbonyl (C=O) groups is 1. The van der Waals surface area contributed by atoms with Crippen LogP contribution in [0.2, 0.25) is 10.0 Å². The standard InChI is InChI=1S/C16H11Cl2NO2/c17-13-7-6-12-8-9-19(15(12)14(13)18)16(20)21-10-11-4-2-1-3-5-11/h1-9H,10H2. The Morgan fingerprint density at radius 3 is 2.57 bits per heavy atom. The molecule has 0 atom stereocenters. The van der Waals surface area contributed by atoms with E-state index in [-0.39, 0.29) is 6.61 Å². The molecule has 0 spiro atoms. The van der Waals surface area contributed by atoms with Crippen LogP contribution in [0.4, 0.5) is 4.79 Å². The SMILES string of the molecule is O=C(OCc1ccccc1)n1ccc2ccc(Cl)c(Cl)c21. The Morgan fingerprint density at radius 1 is 1.05 bits per heavy atom. The number of carbonyl (C=O) groups excluding carboxylic acids is 1. The van der Waals surface area contributed by atoms with Crippen molar-refractivity contribution in [3.05, 3.63) is 70.3 Å². The van der Waals surface area contributed by atoms with Gasteiger partial charge in [-0.3, -0.25) is 4.57 Å². The largest absolute Gasteiger partial charge is 0.444 e. The monoisotopic (exact) mass is 319 g/mol. The first-order valence-corrected chi connectivity index (χ1v) is 7.08. The third-order valence-corrected chi connectivity index (χ3v) is 3.94. The summed E-state index contributed by atoms with van der Waals surface area (Å²) in [5.41, 5.74) is 1.48. The number of halogens is 2. The van der Waals surface area contributed by atoms with Gasteiger partial charge in [0, 0.05) is 11.6 Å². The molecule has 3 rings (SSSR count). The van der Waals surface area contributed by atoms with Crippen LogP contribution in [-0.4, -0.2) is 10.7 Å². The smallest absolute Gasteiger partial charge is 0.418 e. The molecule has 0 radical (unpaired) electrons.